The van der Waals surface area contributed by atoms with Gasteiger partial charge in [-0.15, -0.1) is 5.10 Å². The third-order valence-electron chi connectivity index (χ3n) is 4.93. The Balaban J connectivity index is 1.62. The van der Waals surface area contributed by atoms with E-state index < -0.39 is 11.4 Å². The van der Waals surface area contributed by atoms with Crippen molar-refractivity contribution in [2.45, 2.75) is 45.8 Å². The lowest BCUT2D eigenvalue weighted by atomic mass is 10.1. The average Bonchev–Trinajstić information content (AvgIpc) is 3.31. The van der Waals surface area contributed by atoms with Crippen LogP contribution >= 0.6 is 0 Å². The maximum Gasteiger partial charge on any atom is 0.231 e. The van der Waals surface area contributed by atoms with Gasteiger partial charge in [0.1, 0.15) is 5.69 Å². The topological polar surface area (TPSA) is 90.4 Å². The van der Waals surface area contributed by atoms with Crippen LogP contribution in [-0.2, 0) is 13.0 Å². The van der Waals surface area contributed by atoms with E-state index in [1.54, 1.807) is 49.1 Å². The lowest BCUT2D eigenvalue weighted by Crippen LogP contribution is -2.22. The first-order valence-corrected chi connectivity index (χ1v) is 10.2. The van der Waals surface area contributed by atoms with E-state index >= 15 is 0 Å². The second-order valence-electron chi connectivity index (χ2n) is 7.92. The number of hydrogen-bond donors (Lipinski definition) is 1. The summed E-state index contributed by atoms with van der Waals surface area (Å²) in [6.45, 7) is 6.28. The minimum Gasteiger partial charge on any atom is -0.477 e. The molecule has 1 N–H and O–H groups in total. The van der Waals surface area contributed by atoms with E-state index in [-0.39, 0.29) is 5.69 Å². The second-order valence-corrected chi connectivity index (χ2v) is 7.92. The Morgan fingerprint density at radius 2 is 2.00 bits per heavy atom. The molecule has 162 valence electrons. The van der Waals surface area contributed by atoms with E-state index in [9.17, 15) is 9.50 Å². The van der Waals surface area contributed by atoms with Crippen molar-refractivity contribution in [3.05, 3.63) is 60.1 Å². The number of aryl methyl sites for hydroxylation is 1. The molecule has 0 atom stereocenters. The molecule has 0 aromatic carbocycles. The zero-order valence-electron chi connectivity index (χ0n) is 17.8. The standard InChI is InChI=1S/C22H25FN6O2/c1-4-17-16(14-28-12-11-25-21(28)20-15(23)6-5-10-24-20)26-18-7-8-19(27-29(17)18)31-13-9-22(2,3)30/h5-8,10-12,30H,4,9,13-14H2,1-3H3. The van der Waals surface area contributed by atoms with Crippen LogP contribution in [-0.4, -0.2) is 46.4 Å². The molecule has 0 unspecified atom stereocenters. The second kappa shape index (κ2) is 8.43. The number of ether oxygens (including phenoxy) is 1. The van der Waals surface area contributed by atoms with Crippen molar-refractivity contribution in [1.82, 2.24) is 29.1 Å². The third-order valence-corrected chi connectivity index (χ3v) is 4.93. The Hall–Kier alpha value is -3.33. The van der Waals surface area contributed by atoms with Crippen LogP contribution in [0.4, 0.5) is 4.39 Å². The summed E-state index contributed by atoms with van der Waals surface area (Å²) in [7, 11) is 0. The maximum atomic E-state index is 14.2. The fraction of sp³-hybridized carbons (Fsp3) is 0.364. The lowest BCUT2D eigenvalue weighted by Gasteiger charge is -2.16. The fourth-order valence-corrected chi connectivity index (χ4v) is 3.34. The molecule has 0 saturated carbocycles. The molecule has 0 aliphatic carbocycles. The number of hydrogen-bond acceptors (Lipinski definition) is 6. The highest BCUT2D eigenvalue weighted by molar-refractivity contribution is 5.51. The number of fused-ring (bicyclic) bond motifs is 1. The maximum absolute atomic E-state index is 14.2. The van der Waals surface area contributed by atoms with Crippen LogP contribution in [0.5, 0.6) is 5.88 Å². The fourth-order valence-electron chi connectivity index (χ4n) is 3.34. The molecule has 9 heteroatoms. The van der Waals surface area contributed by atoms with Crippen LogP contribution in [0.25, 0.3) is 17.2 Å². The first kappa shape index (κ1) is 20.9. The van der Waals surface area contributed by atoms with Crippen molar-refractivity contribution in [2.24, 2.45) is 0 Å². The van der Waals surface area contributed by atoms with Gasteiger partial charge in [0.25, 0.3) is 0 Å². The molecule has 31 heavy (non-hydrogen) atoms. The van der Waals surface area contributed by atoms with Crippen molar-refractivity contribution in [2.75, 3.05) is 6.61 Å². The van der Waals surface area contributed by atoms with Crippen LogP contribution < -0.4 is 4.74 Å². The Kier molecular flexibility index (Phi) is 5.69. The van der Waals surface area contributed by atoms with Gasteiger partial charge in [0, 0.05) is 31.1 Å². The van der Waals surface area contributed by atoms with Gasteiger partial charge in [-0.2, -0.15) is 0 Å². The van der Waals surface area contributed by atoms with E-state index in [1.807, 2.05) is 17.6 Å². The molecule has 0 amide bonds. The van der Waals surface area contributed by atoms with Gasteiger partial charge < -0.3 is 14.4 Å². The number of rotatable bonds is 8. The molecule has 4 heterocycles. The van der Waals surface area contributed by atoms with Gasteiger partial charge in [-0.1, -0.05) is 6.92 Å². The summed E-state index contributed by atoms with van der Waals surface area (Å²) >= 11 is 0. The Bertz CT molecular complexity index is 1190. The summed E-state index contributed by atoms with van der Waals surface area (Å²) in [5.74, 6) is 0.491. The normalized spacial score (nSPS) is 11.9. The van der Waals surface area contributed by atoms with Gasteiger partial charge in [-0.25, -0.2) is 23.9 Å². The smallest absolute Gasteiger partial charge is 0.231 e. The third kappa shape index (κ3) is 4.56. The van der Waals surface area contributed by atoms with Gasteiger partial charge in [-0.05, 0) is 38.5 Å². The molecule has 0 radical (unpaired) electrons. The van der Waals surface area contributed by atoms with Crippen LogP contribution in [0.1, 0.15) is 38.6 Å². The molecule has 0 fully saturated rings. The Morgan fingerprint density at radius 1 is 1.16 bits per heavy atom. The summed E-state index contributed by atoms with van der Waals surface area (Å²) in [5.41, 5.74) is 1.86. The van der Waals surface area contributed by atoms with Crippen LogP contribution in [0.15, 0.2) is 42.9 Å². The molecule has 0 spiro atoms. The molecule has 4 aromatic heterocycles. The minimum absolute atomic E-state index is 0.204. The summed E-state index contributed by atoms with van der Waals surface area (Å²) in [6.07, 6.45) is 6.15. The summed E-state index contributed by atoms with van der Waals surface area (Å²) < 4.78 is 23.5. The Labute approximate surface area is 179 Å². The first-order valence-electron chi connectivity index (χ1n) is 10.2. The number of imidazole rings is 2. The van der Waals surface area contributed by atoms with E-state index in [2.05, 4.69) is 15.1 Å². The molecule has 0 aliphatic heterocycles. The lowest BCUT2D eigenvalue weighted by molar-refractivity contribution is 0.0545. The zero-order valence-corrected chi connectivity index (χ0v) is 17.8. The van der Waals surface area contributed by atoms with E-state index in [0.717, 1.165) is 11.4 Å². The highest BCUT2D eigenvalue weighted by Gasteiger charge is 2.18. The summed E-state index contributed by atoms with van der Waals surface area (Å²) in [4.78, 5) is 13.1. The molecule has 0 bridgehead atoms. The molecule has 0 aliphatic rings. The van der Waals surface area contributed by atoms with Gasteiger partial charge in [-0.3, -0.25) is 0 Å². The Morgan fingerprint density at radius 3 is 2.74 bits per heavy atom. The van der Waals surface area contributed by atoms with Gasteiger partial charge >= 0.3 is 0 Å². The number of aromatic nitrogens is 6. The number of pyridine rings is 1. The van der Waals surface area contributed by atoms with E-state index in [4.69, 9.17) is 9.72 Å². The number of aliphatic hydroxyl groups is 1. The van der Waals surface area contributed by atoms with Crippen molar-refractivity contribution < 1.29 is 14.2 Å². The van der Waals surface area contributed by atoms with E-state index in [1.165, 1.54) is 6.07 Å². The zero-order chi connectivity index (χ0) is 22.0. The van der Waals surface area contributed by atoms with Crippen LogP contribution in [0, 0.1) is 5.82 Å². The van der Waals surface area contributed by atoms with Crippen molar-refractivity contribution in [3.63, 3.8) is 0 Å². The van der Waals surface area contributed by atoms with Gasteiger partial charge in [0.05, 0.1) is 30.1 Å². The molecular formula is C22H25FN6O2. The number of nitrogens with zero attached hydrogens (tertiary/aromatic N) is 6. The van der Waals surface area contributed by atoms with Crippen molar-refractivity contribution >= 4 is 5.65 Å². The summed E-state index contributed by atoms with van der Waals surface area (Å²) in [5, 5.41) is 14.4. The van der Waals surface area contributed by atoms with Crippen LogP contribution in [0.2, 0.25) is 0 Å². The molecule has 4 aromatic rings. The molecule has 8 nitrogen and oxygen atoms in total. The SMILES string of the molecule is CCc1c(Cn2ccnc2-c2ncccc2F)nc2ccc(OCCC(C)(C)O)nn12. The van der Waals surface area contributed by atoms with Crippen molar-refractivity contribution in [1.29, 1.82) is 0 Å². The first-order chi connectivity index (χ1) is 14.9. The largest absolute Gasteiger partial charge is 0.477 e. The monoisotopic (exact) mass is 424 g/mol. The van der Waals surface area contributed by atoms with Crippen LogP contribution in [0.3, 0.4) is 0 Å². The number of halogens is 1. The molecule has 0 saturated heterocycles. The average molecular weight is 424 g/mol. The highest BCUT2D eigenvalue weighted by atomic mass is 19.1. The van der Waals surface area contributed by atoms with E-state index in [0.29, 0.717) is 43.3 Å². The highest BCUT2D eigenvalue weighted by Crippen LogP contribution is 2.22. The predicted molar refractivity (Wildman–Crippen MR) is 113 cm³/mol. The van der Waals surface area contributed by atoms with Crippen molar-refractivity contribution in [3.8, 4) is 17.4 Å². The summed E-state index contributed by atoms with van der Waals surface area (Å²) in [6, 6.07) is 6.54. The molecule has 4 rings (SSSR count). The van der Waals surface area contributed by atoms with Gasteiger partial charge in [0.2, 0.25) is 5.88 Å². The predicted octanol–water partition coefficient (Wildman–Crippen LogP) is 3.28. The molecular weight excluding hydrogens is 399 g/mol. The minimum atomic E-state index is -0.795. The quantitative estimate of drug-likeness (QED) is 0.467. The van der Waals surface area contributed by atoms with Gasteiger partial charge in [0.15, 0.2) is 17.3 Å².